The lowest BCUT2D eigenvalue weighted by atomic mass is 10.1. The van der Waals surface area contributed by atoms with Gasteiger partial charge in [-0.2, -0.15) is 0 Å². The van der Waals surface area contributed by atoms with Crippen molar-refractivity contribution in [1.82, 2.24) is 0 Å². The number of carbonyl (C=O) groups excluding carboxylic acids is 1. The molecule has 0 spiro atoms. The first-order valence-electron chi connectivity index (χ1n) is 6.55. The molecule has 0 radical (unpaired) electrons. The lowest BCUT2D eigenvalue weighted by molar-refractivity contribution is -0.116. The van der Waals surface area contributed by atoms with Crippen LogP contribution in [0.3, 0.4) is 0 Å². The highest BCUT2D eigenvalue weighted by atomic mass is 79.9. The smallest absolute Gasteiger partial charge is 0.224 e. The summed E-state index contributed by atoms with van der Waals surface area (Å²) in [7, 11) is 0. The van der Waals surface area contributed by atoms with Crippen molar-refractivity contribution in [3.63, 3.8) is 0 Å². The highest BCUT2D eigenvalue weighted by Gasteiger charge is 2.10. The van der Waals surface area contributed by atoms with Crippen LogP contribution in [-0.4, -0.2) is 5.91 Å². The van der Waals surface area contributed by atoms with Crippen LogP contribution in [-0.2, 0) is 11.2 Å². The Morgan fingerprint density at radius 1 is 1.24 bits per heavy atom. The Balaban J connectivity index is 1.99. The van der Waals surface area contributed by atoms with Crippen molar-refractivity contribution in [3.8, 4) is 0 Å². The van der Waals surface area contributed by atoms with Crippen molar-refractivity contribution in [3.05, 3.63) is 56.5 Å². The van der Waals surface area contributed by atoms with Crippen molar-refractivity contribution in [2.75, 3.05) is 11.1 Å². The van der Waals surface area contributed by atoms with E-state index in [-0.39, 0.29) is 5.91 Å². The van der Waals surface area contributed by atoms with Crippen LogP contribution in [0.5, 0.6) is 0 Å². The first-order chi connectivity index (χ1) is 9.95. The number of nitrogens with two attached hydrogens (primary N) is 1. The fourth-order valence-electron chi connectivity index (χ4n) is 2.05. The van der Waals surface area contributed by atoms with E-state index in [9.17, 15) is 4.79 Å². The third-order valence-electron chi connectivity index (χ3n) is 3.07. The molecule has 0 bridgehead atoms. The van der Waals surface area contributed by atoms with Crippen LogP contribution in [0.15, 0.2) is 45.3 Å². The molecule has 0 atom stereocenters. The van der Waals surface area contributed by atoms with Crippen LogP contribution in [0.25, 0.3) is 0 Å². The zero-order valence-electron chi connectivity index (χ0n) is 11.6. The number of aryl methyl sites for hydroxylation is 2. The first kappa shape index (κ1) is 16.0. The Hall–Kier alpha value is -1.33. The molecule has 21 heavy (non-hydrogen) atoms. The van der Waals surface area contributed by atoms with Crippen molar-refractivity contribution < 1.29 is 4.79 Å². The summed E-state index contributed by atoms with van der Waals surface area (Å²) in [4.78, 5) is 12.1. The minimum absolute atomic E-state index is 0.0498. The van der Waals surface area contributed by atoms with E-state index < -0.39 is 0 Å². The van der Waals surface area contributed by atoms with Gasteiger partial charge in [-0.3, -0.25) is 4.79 Å². The monoisotopic (exact) mass is 410 g/mol. The molecule has 0 aliphatic carbocycles. The predicted molar refractivity (Wildman–Crippen MR) is 94.4 cm³/mol. The standard InChI is InChI=1S/C16H16Br2N2O/c1-10-3-2-4-11(7-10)5-6-15(21)20-16-13(18)8-12(17)9-14(16)19/h2-4,7-9H,5-6,19H2,1H3,(H,20,21). The lowest BCUT2D eigenvalue weighted by Gasteiger charge is -2.11. The van der Waals surface area contributed by atoms with E-state index in [0.29, 0.717) is 24.2 Å². The SMILES string of the molecule is Cc1cccc(CCC(=O)Nc2c(N)cc(Br)cc2Br)c1. The Bertz CT molecular complexity index is 648. The molecule has 3 N–H and O–H groups in total. The highest BCUT2D eigenvalue weighted by molar-refractivity contribution is 9.11. The Morgan fingerprint density at radius 2 is 2.00 bits per heavy atom. The number of rotatable bonds is 4. The van der Waals surface area contributed by atoms with Gasteiger partial charge in [0.25, 0.3) is 0 Å². The highest BCUT2D eigenvalue weighted by Crippen LogP contribution is 2.32. The van der Waals surface area contributed by atoms with Gasteiger partial charge in [-0.1, -0.05) is 45.8 Å². The molecule has 5 heteroatoms. The number of amides is 1. The van der Waals surface area contributed by atoms with Gasteiger partial charge in [-0.15, -0.1) is 0 Å². The van der Waals surface area contributed by atoms with Gasteiger partial charge in [-0.25, -0.2) is 0 Å². The average Bonchev–Trinajstić information content (AvgIpc) is 2.40. The minimum atomic E-state index is -0.0498. The number of anilines is 2. The topological polar surface area (TPSA) is 55.1 Å². The third kappa shape index (κ3) is 4.58. The molecular weight excluding hydrogens is 396 g/mol. The molecule has 2 rings (SSSR count). The second-order valence-corrected chi connectivity index (χ2v) is 6.66. The van der Waals surface area contributed by atoms with Crippen LogP contribution in [0, 0.1) is 6.92 Å². The summed E-state index contributed by atoms with van der Waals surface area (Å²) in [6.45, 7) is 2.04. The van der Waals surface area contributed by atoms with Crippen LogP contribution in [0.2, 0.25) is 0 Å². The summed E-state index contributed by atoms with van der Waals surface area (Å²) in [5, 5.41) is 2.86. The lowest BCUT2D eigenvalue weighted by Crippen LogP contribution is -2.14. The summed E-state index contributed by atoms with van der Waals surface area (Å²) in [5.41, 5.74) is 9.43. The zero-order chi connectivity index (χ0) is 15.4. The fourth-order valence-corrected chi connectivity index (χ4v) is 3.41. The Labute approximate surface area is 141 Å². The van der Waals surface area contributed by atoms with E-state index in [4.69, 9.17) is 5.73 Å². The summed E-state index contributed by atoms with van der Waals surface area (Å²) >= 11 is 6.77. The number of nitrogens with one attached hydrogen (secondary N) is 1. The molecule has 0 unspecified atom stereocenters. The number of nitrogen functional groups attached to an aromatic ring is 1. The molecule has 2 aromatic carbocycles. The molecule has 0 saturated carbocycles. The molecular formula is C16H16Br2N2O. The van der Waals surface area contributed by atoms with Crippen molar-refractivity contribution in [2.24, 2.45) is 0 Å². The van der Waals surface area contributed by atoms with Crippen molar-refractivity contribution in [2.45, 2.75) is 19.8 Å². The van der Waals surface area contributed by atoms with Gasteiger partial charge in [0.05, 0.1) is 11.4 Å². The molecule has 110 valence electrons. The largest absolute Gasteiger partial charge is 0.397 e. The third-order valence-corrected chi connectivity index (χ3v) is 4.16. The van der Waals surface area contributed by atoms with E-state index in [1.807, 2.05) is 31.2 Å². The molecule has 0 saturated heterocycles. The van der Waals surface area contributed by atoms with Gasteiger partial charge in [0.1, 0.15) is 0 Å². The normalized spacial score (nSPS) is 10.4. The second-order valence-electron chi connectivity index (χ2n) is 4.89. The van der Waals surface area contributed by atoms with Gasteiger partial charge in [0.2, 0.25) is 5.91 Å². The number of hydrogen-bond donors (Lipinski definition) is 2. The van der Waals surface area contributed by atoms with Crippen LogP contribution in [0.4, 0.5) is 11.4 Å². The van der Waals surface area contributed by atoms with E-state index in [1.165, 1.54) is 5.56 Å². The van der Waals surface area contributed by atoms with Gasteiger partial charge in [-0.05, 0) is 47.0 Å². The molecule has 2 aromatic rings. The van der Waals surface area contributed by atoms with Gasteiger partial charge in [0, 0.05) is 15.4 Å². The molecule has 0 heterocycles. The van der Waals surface area contributed by atoms with Crippen molar-refractivity contribution in [1.29, 1.82) is 0 Å². The number of carbonyl (C=O) groups is 1. The fraction of sp³-hybridized carbons (Fsp3) is 0.188. The Kier molecular flexibility index (Phi) is 5.42. The summed E-state index contributed by atoms with van der Waals surface area (Å²) in [6, 6.07) is 11.8. The van der Waals surface area contributed by atoms with E-state index >= 15 is 0 Å². The van der Waals surface area contributed by atoms with Crippen LogP contribution >= 0.6 is 31.9 Å². The summed E-state index contributed by atoms with van der Waals surface area (Å²) < 4.78 is 1.63. The number of benzene rings is 2. The predicted octanol–water partition coefficient (Wildman–Crippen LogP) is 4.67. The van der Waals surface area contributed by atoms with E-state index in [1.54, 1.807) is 6.07 Å². The molecule has 0 aliphatic rings. The minimum Gasteiger partial charge on any atom is -0.397 e. The first-order valence-corrected chi connectivity index (χ1v) is 8.14. The maximum absolute atomic E-state index is 12.1. The van der Waals surface area contributed by atoms with Crippen LogP contribution < -0.4 is 11.1 Å². The number of hydrogen-bond acceptors (Lipinski definition) is 2. The molecule has 0 fully saturated rings. The Morgan fingerprint density at radius 3 is 2.67 bits per heavy atom. The molecule has 0 aliphatic heterocycles. The maximum atomic E-state index is 12.1. The maximum Gasteiger partial charge on any atom is 0.224 e. The molecule has 1 amide bonds. The second kappa shape index (κ2) is 7.09. The molecule has 0 aromatic heterocycles. The molecule has 3 nitrogen and oxygen atoms in total. The average molecular weight is 412 g/mol. The zero-order valence-corrected chi connectivity index (χ0v) is 14.8. The van der Waals surface area contributed by atoms with Gasteiger partial charge >= 0.3 is 0 Å². The van der Waals surface area contributed by atoms with Crippen molar-refractivity contribution >= 4 is 49.1 Å². The van der Waals surface area contributed by atoms with Gasteiger partial charge in [0.15, 0.2) is 0 Å². The van der Waals surface area contributed by atoms with E-state index in [0.717, 1.165) is 14.5 Å². The van der Waals surface area contributed by atoms with E-state index in [2.05, 4.69) is 43.2 Å². The summed E-state index contributed by atoms with van der Waals surface area (Å²) in [5.74, 6) is -0.0498. The van der Waals surface area contributed by atoms with Crippen LogP contribution in [0.1, 0.15) is 17.5 Å². The van der Waals surface area contributed by atoms with Gasteiger partial charge < -0.3 is 11.1 Å². The summed E-state index contributed by atoms with van der Waals surface area (Å²) in [6.07, 6.45) is 1.13. The quantitative estimate of drug-likeness (QED) is 0.718. The number of halogens is 2.